The molecule has 1 unspecified atom stereocenters. The van der Waals surface area contributed by atoms with Crippen molar-refractivity contribution in [3.05, 3.63) is 52.2 Å². The number of thioether (sulfide) groups is 1. The summed E-state index contributed by atoms with van der Waals surface area (Å²) in [7, 11) is 1.67. The SMILES string of the molecule is COc1ccc(-c2nnc(SCc3csc(-c4ccsc4)n3)n2CC2CCCO2)cc1. The van der Waals surface area contributed by atoms with Crippen LogP contribution in [0.15, 0.2) is 51.6 Å². The van der Waals surface area contributed by atoms with Gasteiger partial charge in [-0.25, -0.2) is 4.98 Å². The van der Waals surface area contributed by atoms with E-state index in [9.17, 15) is 0 Å². The summed E-state index contributed by atoms with van der Waals surface area (Å²) >= 11 is 5.05. The molecule has 1 aromatic carbocycles. The monoisotopic (exact) mass is 470 g/mol. The van der Waals surface area contributed by atoms with E-state index in [4.69, 9.17) is 14.5 Å². The van der Waals surface area contributed by atoms with Crippen LogP contribution in [0, 0.1) is 0 Å². The number of benzene rings is 1. The topological polar surface area (TPSA) is 62.1 Å². The minimum atomic E-state index is 0.205. The van der Waals surface area contributed by atoms with Gasteiger partial charge >= 0.3 is 0 Å². The molecule has 9 heteroatoms. The Bertz CT molecular complexity index is 1120. The molecule has 0 aliphatic carbocycles. The number of thiazole rings is 1. The molecule has 1 saturated heterocycles. The average molecular weight is 471 g/mol. The average Bonchev–Trinajstić information content (AvgIpc) is 3.61. The molecule has 0 spiro atoms. The quantitative estimate of drug-likeness (QED) is 0.312. The number of ether oxygens (including phenoxy) is 2. The van der Waals surface area contributed by atoms with Gasteiger partial charge in [0.1, 0.15) is 10.8 Å². The van der Waals surface area contributed by atoms with E-state index in [0.29, 0.717) is 0 Å². The molecule has 3 aromatic heterocycles. The molecular weight excluding hydrogens is 448 g/mol. The van der Waals surface area contributed by atoms with Crippen molar-refractivity contribution in [2.24, 2.45) is 0 Å². The molecule has 1 aliphatic heterocycles. The van der Waals surface area contributed by atoms with Crippen LogP contribution >= 0.6 is 34.4 Å². The molecule has 4 aromatic rings. The number of hydrogen-bond acceptors (Lipinski definition) is 8. The maximum atomic E-state index is 5.90. The highest BCUT2D eigenvalue weighted by Gasteiger charge is 2.22. The smallest absolute Gasteiger partial charge is 0.191 e. The van der Waals surface area contributed by atoms with E-state index in [1.54, 1.807) is 41.5 Å². The van der Waals surface area contributed by atoms with Crippen LogP contribution in [0.2, 0.25) is 0 Å². The third-order valence-corrected chi connectivity index (χ3v) is 7.77. The molecule has 1 fully saturated rings. The van der Waals surface area contributed by atoms with Gasteiger partial charge in [-0.05, 0) is 48.6 Å². The summed E-state index contributed by atoms with van der Waals surface area (Å²) in [6.07, 6.45) is 2.38. The summed E-state index contributed by atoms with van der Waals surface area (Å²) in [6, 6.07) is 10.1. The summed E-state index contributed by atoms with van der Waals surface area (Å²) < 4.78 is 13.4. The van der Waals surface area contributed by atoms with Crippen LogP contribution < -0.4 is 4.74 Å². The second-order valence-corrected chi connectivity index (χ2v) is 9.81. The van der Waals surface area contributed by atoms with Crippen molar-refractivity contribution in [3.63, 3.8) is 0 Å². The van der Waals surface area contributed by atoms with Crippen LogP contribution in [0.4, 0.5) is 0 Å². The first-order valence-corrected chi connectivity index (χ1v) is 12.9. The largest absolute Gasteiger partial charge is 0.497 e. The molecule has 0 radical (unpaired) electrons. The fourth-order valence-electron chi connectivity index (χ4n) is 3.54. The van der Waals surface area contributed by atoms with Crippen molar-refractivity contribution >= 4 is 34.4 Å². The standard InChI is InChI=1S/C22H22N4O2S3/c1-27-18-6-4-15(5-7-18)20-24-25-22(26(20)11-19-3-2-9-28-19)31-14-17-13-30-21(23-17)16-8-10-29-12-16/h4-8,10,12-13,19H,2-3,9,11,14H2,1H3. The van der Waals surface area contributed by atoms with E-state index < -0.39 is 0 Å². The normalized spacial score (nSPS) is 16.1. The van der Waals surface area contributed by atoms with E-state index in [2.05, 4.69) is 37.0 Å². The molecule has 6 nitrogen and oxygen atoms in total. The van der Waals surface area contributed by atoms with Crippen LogP contribution in [0.25, 0.3) is 22.0 Å². The van der Waals surface area contributed by atoms with Crippen LogP contribution in [0.3, 0.4) is 0 Å². The Morgan fingerprint density at radius 1 is 1.16 bits per heavy atom. The summed E-state index contributed by atoms with van der Waals surface area (Å²) in [5.41, 5.74) is 3.27. The molecule has 0 amide bonds. The second kappa shape index (κ2) is 9.52. The van der Waals surface area contributed by atoms with Gasteiger partial charge in [-0.1, -0.05) is 11.8 Å². The Kier molecular flexibility index (Phi) is 6.35. The highest BCUT2D eigenvalue weighted by molar-refractivity contribution is 7.98. The third-order valence-electron chi connectivity index (χ3n) is 5.14. The minimum Gasteiger partial charge on any atom is -0.497 e. The number of nitrogens with zero attached hydrogens (tertiary/aromatic N) is 4. The van der Waals surface area contributed by atoms with Gasteiger partial charge in [0, 0.05) is 34.2 Å². The van der Waals surface area contributed by atoms with Crippen molar-refractivity contribution in [2.75, 3.05) is 13.7 Å². The van der Waals surface area contributed by atoms with Crippen molar-refractivity contribution in [3.8, 4) is 27.7 Å². The second-order valence-electron chi connectivity index (χ2n) is 7.23. The Labute approximate surface area is 193 Å². The third kappa shape index (κ3) is 4.69. The number of thiophene rings is 1. The highest BCUT2D eigenvalue weighted by atomic mass is 32.2. The van der Waals surface area contributed by atoms with Crippen molar-refractivity contribution in [1.29, 1.82) is 0 Å². The molecule has 1 aliphatic rings. The lowest BCUT2D eigenvalue weighted by molar-refractivity contribution is 0.0953. The predicted molar refractivity (Wildman–Crippen MR) is 126 cm³/mol. The van der Waals surface area contributed by atoms with Gasteiger partial charge in [-0.2, -0.15) is 11.3 Å². The summed E-state index contributed by atoms with van der Waals surface area (Å²) in [6.45, 7) is 1.59. The number of rotatable bonds is 8. The van der Waals surface area contributed by atoms with E-state index in [1.165, 1.54) is 5.56 Å². The summed E-state index contributed by atoms with van der Waals surface area (Å²) in [5.74, 6) is 2.44. The van der Waals surface area contributed by atoms with Gasteiger partial charge in [0.05, 0.1) is 25.5 Å². The van der Waals surface area contributed by atoms with Gasteiger partial charge in [-0.3, -0.25) is 4.57 Å². The van der Waals surface area contributed by atoms with Crippen LogP contribution in [-0.2, 0) is 17.0 Å². The molecule has 4 heterocycles. The van der Waals surface area contributed by atoms with E-state index >= 15 is 0 Å². The molecule has 1 atom stereocenters. The molecule has 31 heavy (non-hydrogen) atoms. The highest BCUT2D eigenvalue weighted by Crippen LogP contribution is 2.31. The lowest BCUT2D eigenvalue weighted by atomic mass is 10.2. The summed E-state index contributed by atoms with van der Waals surface area (Å²) in [4.78, 5) is 4.79. The predicted octanol–water partition coefficient (Wildman–Crippen LogP) is 5.61. The van der Waals surface area contributed by atoms with Crippen molar-refractivity contribution in [1.82, 2.24) is 19.7 Å². The lowest BCUT2D eigenvalue weighted by Gasteiger charge is -2.14. The Hall–Kier alpha value is -2.20. The van der Waals surface area contributed by atoms with Gasteiger partial charge in [0.15, 0.2) is 11.0 Å². The van der Waals surface area contributed by atoms with Gasteiger partial charge in [0.25, 0.3) is 0 Å². The zero-order chi connectivity index (χ0) is 21.0. The molecule has 5 rings (SSSR count). The summed E-state index contributed by atoms with van der Waals surface area (Å²) in [5, 5.41) is 17.3. The van der Waals surface area contributed by atoms with Crippen LogP contribution in [0.1, 0.15) is 18.5 Å². The molecular formula is C22H22N4O2S3. The zero-order valence-electron chi connectivity index (χ0n) is 17.1. The van der Waals surface area contributed by atoms with Gasteiger partial charge in [0.2, 0.25) is 0 Å². The zero-order valence-corrected chi connectivity index (χ0v) is 19.5. The van der Waals surface area contributed by atoms with E-state index in [0.717, 1.165) is 64.7 Å². The van der Waals surface area contributed by atoms with Crippen LogP contribution in [0.5, 0.6) is 5.75 Å². The van der Waals surface area contributed by atoms with Crippen molar-refractivity contribution in [2.45, 2.75) is 36.4 Å². The fourth-order valence-corrected chi connectivity index (χ4v) is 6.01. The van der Waals surface area contributed by atoms with E-state index in [-0.39, 0.29) is 6.10 Å². The maximum Gasteiger partial charge on any atom is 0.191 e. The number of methoxy groups -OCH3 is 1. The van der Waals surface area contributed by atoms with Gasteiger partial charge < -0.3 is 9.47 Å². The molecule has 160 valence electrons. The van der Waals surface area contributed by atoms with E-state index in [1.807, 2.05) is 24.3 Å². The number of aromatic nitrogens is 4. The fraction of sp³-hybridized carbons (Fsp3) is 0.318. The Morgan fingerprint density at radius 3 is 2.81 bits per heavy atom. The Balaban J connectivity index is 1.37. The first-order chi connectivity index (χ1) is 15.3. The molecule has 0 N–H and O–H groups in total. The lowest BCUT2D eigenvalue weighted by Crippen LogP contribution is -2.16. The van der Waals surface area contributed by atoms with Crippen molar-refractivity contribution < 1.29 is 9.47 Å². The first-order valence-electron chi connectivity index (χ1n) is 10.1. The Morgan fingerprint density at radius 2 is 2.06 bits per heavy atom. The van der Waals surface area contributed by atoms with Crippen LogP contribution in [-0.4, -0.2) is 39.6 Å². The number of hydrogen-bond donors (Lipinski definition) is 0. The maximum absolute atomic E-state index is 5.90. The molecule has 0 bridgehead atoms. The first kappa shape index (κ1) is 20.7. The molecule has 0 saturated carbocycles. The van der Waals surface area contributed by atoms with Gasteiger partial charge in [-0.15, -0.1) is 21.5 Å². The minimum absolute atomic E-state index is 0.205.